The van der Waals surface area contributed by atoms with Crippen molar-refractivity contribution in [1.82, 2.24) is 0 Å². The van der Waals surface area contributed by atoms with E-state index in [1.165, 1.54) is 43.2 Å². The Labute approximate surface area is 157 Å². The smallest absolute Gasteiger partial charge is 0.335 e. The molecule has 0 aromatic heterocycles. The van der Waals surface area contributed by atoms with Crippen molar-refractivity contribution in [3.63, 3.8) is 0 Å². The SMILES string of the molecule is N#C/C(=C\c1ccc(N2CCCC2)cc1)C(=O)Nc1ccc(C(=O)O)cc1. The van der Waals surface area contributed by atoms with E-state index < -0.39 is 11.9 Å². The molecule has 1 aliphatic rings. The second-order valence-electron chi connectivity index (χ2n) is 6.29. The topological polar surface area (TPSA) is 93.4 Å². The van der Waals surface area contributed by atoms with E-state index in [4.69, 9.17) is 5.11 Å². The van der Waals surface area contributed by atoms with E-state index in [9.17, 15) is 14.9 Å². The van der Waals surface area contributed by atoms with Gasteiger partial charge in [-0.2, -0.15) is 5.26 Å². The molecule has 6 heteroatoms. The molecule has 1 fully saturated rings. The Balaban J connectivity index is 1.70. The number of nitriles is 1. The largest absolute Gasteiger partial charge is 0.478 e. The molecule has 2 N–H and O–H groups in total. The fourth-order valence-electron chi connectivity index (χ4n) is 2.97. The average molecular weight is 361 g/mol. The Morgan fingerprint density at radius 2 is 1.67 bits per heavy atom. The molecule has 1 saturated heterocycles. The molecule has 0 saturated carbocycles. The molecule has 0 aliphatic carbocycles. The summed E-state index contributed by atoms with van der Waals surface area (Å²) in [5.74, 6) is -1.58. The predicted octanol–water partition coefficient (Wildman–Crippen LogP) is 3.53. The van der Waals surface area contributed by atoms with Gasteiger partial charge in [0.15, 0.2) is 0 Å². The Morgan fingerprint density at radius 3 is 2.22 bits per heavy atom. The summed E-state index contributed by atoms with van der Waals surface area (Å²) < 4.78 is 0. The molecule has 3 rings (SSSR count). The molecule has 2 aromatic carbocycles. The third-order valence-corrected chi connectivity index (χ3v) is 4.43. The number of nitrogens with zero attached hydrogens (tertiary/aromatic N) is 2. The van der Waals surface area contributed by atoms with Crippen molar-refractivity contribution in [3.05, 3.63) is 65.2 Å². The van der Waals surface area contributed by atoms with Crippen LogP contribution in [0, 0.1) is 11.3 Å². The van der Waals surface area contributed by atoms with E-state index in [0.29, 0.717) is 5.69 Å². The van der Waals surface area contributed by atoms with E-state index in [-0.39, 0.29) is 11.1 Å². The Morgan fingerprint density at radius 1 is 1.04 bits per heavy atom. The number of hydrogen-bond acceptors (Lipinski definition) is 4. The zero-order valence-electron chi connectivity index (χ0n) is 14.7. The zero-order chi connectivity index (χ0) is 19.2. The molecule has 0 spiro atoms. The van der Waals surface area contributed by atoms with Crippen LogP contribution in [0.4, 0.5) is 11.4 Å². The molecule has 0 radical (unpaired) electrons. The first-order chi connectivity index (χ1) is 13.1. The molecule has 27 heavy (non-hydrogen) atoms. The van der Waals surface area contributed by atoms with Gasteiger partial charge in [-0.25, -0.2) is 4.79 Å². The van der Waals surface area contributed by atoms with E-state index in [1.807, 2.05) is 30.3 Å². The molecule has 2 aromatic rings. The molecule has 1 heterocycles. The number of nitrogens with one attached hydrogen (secondary N) is 1. The van der Waals surface area contributed by atoms with Crippen LogP contribution in [0.25, 0.3) is 6.08 Å². The average Bonchev–Trinajstić information content (AvgIpc) is 3.21. The summed E-state index contributed by atoms with van der Waals surface area (Å²) in [6, 6.07) is 15.4. The van der Waals surface area contributed by atoms with Crippen LogP contribution in [0.15, 0.2) is 54.1 Å². The number of rotatable bonds is 5. The highest BCUT2D eigenvalue weighted by molar-refractivity contribution is 6.09. The lowest BCUT2D eigenvalue weighted by Crippen LogP contribution is -2.17. The van der Waals surface area contributed by atoms with Gasteiger partial charge in [-0.15, -0.1) is 0 Å². The molecule has 136 valence electrons. The summed E-state index contributed by atoms with van der Waals surface area (Å²) in [7, 11) is 0. The maximum absolute atomic E-state index is 12.3. The van der Waals surface area contributed by atoms with Gasteiger partial charge in [-0.3, -0.25) is 4.79 Å². The van der Waals surface area contributed by atoms with Crippen LogP contribution in [0.3, 0.4) is 0 Å². The second kappa shape index (κ2) is 8.19. The Bertz CT molecular complexity index is 903. The molecule has 1 aliphatic heterocycles. The van der Waals surface area contributed by atoms with Crippen LogP contribution in [-0.4, -0.2) is 30.1 Å². The van der Waals surface area contributed by atoms with Crippen molar-refractivity contribution in [3.8, 4) is 6.07 Å². The molecule has 1 amide bonds. The van der Waals surface area contributed by atoms with Gasteiger partial charge in [-0.05, 0) is 60.9 Å². The first kappa shape index (κ1) is 18.2. The standard InChI is InChI=1S/C21H19N3O3/c22-14-17(20(25)23-18-7-5-16(6-8-18)21(26)27)13-15-3-9-19(10-4-15)24-11-1-2-12-24/h3-10,13H,1-2,11-12H2,(H,23,25)(H,26,27)/b17-13+. The lowest BCUT2D eigenvalue weighted by atomic mass is 10.1. The maximum atomic E-state index is 12.3. The summed E-state index contributed by atoms with van der Waals surface area (Å²) in [6.07, 6.45) is 3.94. The van der Waals surface area contributed by atoms with Crippen molar-refractivity contribution in [2.45, 2.75) is 12.8 Å². The minimum atomic E-state index is -1.04. The van der Waals surface area contributed by atoms with Gasteiger partial charge >= 0.3 is 5.97 Å². The van der Waals surface area contributed by atoms with E-state index in [2.05, 4.69) is 10.2 Å². The van der Waals surface area contributed by atoms with Crippen molar-refractivity contribution in [2.75, 3.05) is 23.3 Å². The summed E-state index contributed by atoms with van der Waals surface area (Å²) >= 11 is 0. The predicted molar refractivity (Wildman–Crippen MR) is 104 cm³/mol. The number of aromatic carboxylic acids is 1. The summed E-state index contributed by atoms with van der Waals surface area (Å²) in [4.78, 5) is 25.5. The molecule has 0 unspecified atom stereocenters. The zero-order valence-corrected chi connectivity index (χ0v) is 14.7. The van der Waals surface area contributed by atoms with Crippen molar-refractivity contribution >= 4 is 29.3 Å². The van der Waals surface area contributed by atoms with Crippen LogP contribution in [-0.2, 0) is 4.79 Å². The third kappa shape index (κ3) is 4.53. The maximum Gasteiger partial charge on any atom is 0.335 e. The summed E-state index contributed by atoms with van der Waals surface area (Å²) in [6.45, 7) is 2.11. The fraction of sp³-hybridized carbons (Fsp3) is 0.190. The first-order valence-corrected chi connectivity index (χ1v) is 8.68. The number of carbonyl (C=O) groups is 2. The van der Waals surface area contributed by atoms with Crippen LogP contribution >= 0.6 is 0 Å². The van der Waals surface area contributed by atoms with E-state index in [0.717, 1.165) is 24.3 Å². The number of carboxylic acid groups (broad SMARTS) is 1. The van der Waals surface area contributed by atoms with Gasteiger partial charge in [0.25, 0.3) is 5.91 Å². The molecule has 0 bridgehead atoms. The van der Waals surface area contributed by atoms with Crippen LogP contribution in [0.2, 0.25) is 0 Å². The van der Waals surface area contributed by atoms with Crippen LogP contribution in [0.5, 0.6) is 0 Å². The summed E-state index contributed by atoms with van der Waals surface area (Å²) in [5.41, 5.74) is 2.45. The second-order valence-corrected chi connectivity index (χ2v) is 6.29. The Kier molecular flexibility index (Phi) is 5.53. The number of amides is 1. The van der Waals surface area contributed by atoms with Gasteiger partial charge in [0, 0.05) is 24.5 Å². The normalized spacial score (nSPS) is 13.9. The fourth-order valence-corrected chi connectivity index (χ4v) is 2.97. The van der Waals surface area contributed by atoms with Gasteiger partial charge in [0.1, 0.15) is 11.6 Å². The van der Waals surface area contributed by atoms with E-state index >= 15 is 0 Å². The number of hydrogen-bond donors (Lipinski definition) is 2. The van der Waals surface area contributed by atoms with Crippen LogP contribution in [0.1, 0.15) is 28.8 Å². The molecule has 0 atom stereocenters. The van der Waals surface area contributed by atoms with Gasteiger partial charge in [0.05, 0.1) is 5.56 Å². The lowest BCUT2D eigenvalue weighted by Gasteiger charge is -2.17. The van der Waals surface area contributed by atoms with Crippen molar-refractivity contribution in [2.24, 2.45) is 0 Å². The highest BCUT2D eigenvalue weighted by atomic mass is 16.4. The number of carbonyl (C=O) groups excluding carboxylic acids is 1. The molecular weight excluding hydrogens is 342 g/mol. The highest BCUT2D eigenvalue weighted by Crippen LogP contribution is 2.21. The Hall–Kier alpha value is -3.59. The first-order valence-electron chi connectivity index (χ1n) is 8.68. The summed E-state index contributed by atoms with van der Waals surface area (Å²) in [5, 5.41) is 20.8. The minimum Gasteiger partial charge on any atom is -0.478 e. The van der Waals surface area contributed by atoms with Crippen molar-refractivity contribution in [1.29, 1.82) is 5.26 Å². The third-order valence-electron chi connectivity index (χ3n) is 4.43. The molecule has 6 nitrogen and oxygen atoms in total. The molecular formula is C21H19N3O3. The number of benzene rings is 2. The lowest BCUT2D eigenvalue weighted by molar-refractivity contribution is -0.112. The highest BCUT2D eigenvalue weighted by Gasteiger charge is 2.13. The number of carboxylic acids is 1. The van der Waals surface area contributed by atoms with Gasteiger partial charge < -0.3 is 15.3 Å². The van der Waals surface area contributed by atoms with Gasteiger partial charge in [-0.1, -0.05) is 12.1 Å². The quantitative estimate of drug-likeness (QED) is 0.628. The number of anilines is 2. The van der Waals surface area contributed by atoms with Gasteiger partial charge in [0.2, 0.25) is 0 Å². The van der Waals surface area contributed by atoms with Crippen molar-refractivity contribution < 1.29 is 14.7 Å². The monoisotopic (exact) mass is 361 g/mol. The van der Waals surface area contributed by atoms with E-state index in [1.54, 1.807) is 0 Å². The van der Waals surface area contributed by atoms with Crippen LogP contribution < -0.4 is 10.2 Å². The minimum absolute atomic E-state index is 0.0220.